The number of fused-ring (bicyclic) bond motifs is 2. The van der Waals surface area contributed by atoms with E-state index in [-0.39, 0.29) is 0 Å². The fourth-order valence-corrected chi connectivity index (χ4v) is 5.73. The molecule has 6 nitrogen and oxygen atoms in total. The van der Waals surface area contributed by atoms with Gasteiger partial charge in [0.1, 0.15) is 0 Å². The van der Waals surface area contributed by atoms with Gasteiger partial charge < -0.3 is 19.3 Å². The molecular formula is C25H36N2O4. The van der Waals surface area contributed by atoms with E-state index in [0.717, 1.165) is 50.1 Å². The molecule has 1 saturated carbocycles. The second-order valence-electron chi connectivity index (χ2n) is 10.3. The van der Waals surface area contributed by atoms with E-state index in [1.165, 1.54) is 24.0 Å². The van der Waals surface area contributed by atoms with Gasteiger partial charge in [-0.3, -0.25) is 9.80 Å². The maximum Gasteiger partial charge on any atom is 0.231 e. The lowest BCUT2D eigenvalue weighted by molar-refractivity contribution is -0.0275. The highest BCUT2D eigenvalue weighted by Gasteiger charge is 2.50. The van der Waals surface area contributed by atoms with Crippen molar-refractivity contribution in [3.63, 3.8) is 0 Å². The van der Waals surface area contributed by atoms with Gasteiger partial charge in [-0.1, -0.05) is 26.0 Å². The summed E-state index contributed by atoms with van der Waals surface area (Å²) in [6.07, 6.45) is 4.48. The second-order valence-corrected chi connectivity index (χ2v) is 10.3. The summed E-state index contributed by atoms with van der Waals surface area (Å²) in [5.41, 5.74) is 3.15. The maximum absolute atomic E-state index is 10.5. The summed E-state index contributed by atoms with van der Waals surface area (Å²) in [6, 6.07) is 6.20. The third kappa shape index (κ3) is 4.49. The summed E-state index contributed by atoms with van der Waals surface area (Å²) in [4.78, 5) is 4.81. The molecule has 3 atom stereocenters. The van der Waals surface area contributed by atoms with Gasteiger partial charge in [0, 0.05) is 39.3 Å². The van der Waals surface area contributed by atoms with Crippen molar-refractivity contribution in [2.45, 2.75) is 39.3 Å². The van der Waals surface area contributed by atoms with E-state index in [0.29, 0.717) is 37.9 Å². The molecule has 2 heterocycles. The molecule has 0 unspecified atom stereocenters. The minimum atomic E-state index is -0.424. The van der Waals surface area contributed by atoms with Crippen LogP contribution in [0.2, 0.25) is 0 Å². The van der Waals surface area contributed by atoms with Gasteiger partial charge >= 0.3 is 0 Å². The lowest BCUT2D eigenvalue weighted by Crippen LogP contribution is -2.49. The SMILES string of the molecule is CC1(C)[C@H]2CC=C(COC[C@H](O)CN3CCN(Cc4ccc5c(c4)OCO5)CC3)[C@H]1C2. The standard InChI is InChI=1S/C25H36N2O4/c1-25(2)20-5-4-19(22(25)12-20)15-29-16-21(28)14-27-9-7-26(8-10-27)13-18-3-6-23-24(11-18)31-17-30-23/h3-4,6,11,20-22,28H,5,7-10,12-17H2,1-2H3/t20-,21+,22+/m0/s1. The van der Waals surface area contributed by atoms with E-state index in [1.807, 2.05) is 6.07 Å². The number of β-amino-alcohol motifs (C(OH)–C–C–N with tert-alkyl or cyclic N) is 1. The lowest BCUT2D eigenvalue weighted by Gasteiger charge is -2.56. The van der Waals surface area contributed by atoms with Crippen molar-refractivity contribution in [2.24, 2.45) is 17.3 Å². The van der Waals surface area contributed by atoms with E-state index in [9.17, 15) is 5.11 Å². The number of piperazine rings is 1. The van der Waals surface area contributed by atoms with Crippen LogP contribution in [0.3, 0.4) is 0 Å². The zero-order valence-electron chi connectivity index (χ0n) is 18.9. The van der Waals surface area contributed by atoms with Crippen molar-refractivity contribution in [3.8, 4) is 11.5 Å². The van der Waals surface area contributed by atoms with Gasteiger partial charge in [0.15, 0.2) is 11.5 Å². The molecule has 6 rings (SSSR count). The Morgan fingerprint density at radius 2 is 1.90 bits per heavy atom. The first-order chi connectivity index (χ1) is 15.0. The third-order valence-corrected chi connectivity index (χ3v) is 7.94. The maximum atomic E-state index is 10.5. The molecule has 2 fully saturated rings. The Kier molecular flexibility index (Phi) is 5.99. The van der Waals surface area contributed by atoms with Crippen LogP contribution in [-0.2, 0) is 11.3 Å². The van der Waals surface area contributed by atoms with E-state index in [2.05, 4.69) is 41.9 Å². The Balaban J connectivity index is 1.00. The van der Waals surface area contributed by atoms with Crippen molar-refractivity contribution in [3.05, 3.63) is 35.4 Å². The van der Waals surface area contributed by atoms with Crippen molar-refractivity contribution in [1.29, 1.82) is 0 Å². The fourth-order valence-electron chi connectivity index (χ4n) is 5.73. The molecule has 3 aliphatic carbocycles. The second kappa shape index (κ2) is 8.74. The molecule has 1 N–H and O–H groups in total. The summed E-state index contributed by atoms with van der Waals surface area (Å²) in [5, 5.41) is 10.5. The Bertz CT molecular complexity index is 816. The highest BCUT2D eigenvalue weighted by molar-refractivity contribution is 5.44. The van der Waals surface area contributed by atoms with Crippen LogP contribution in [0, 0.1) is 17.3 Å². The van der Waals surface area contributed by atoms with Crippen LogP contribution >= 0.6 is 0 Å². The number of benzene rings is 1. The molecule has 1 aromatic rings. The number of aliphatic hydroxyl groups is 1. The van der Waals surface area contributed by atoms with Crippen molar-refractivity contribution < 1.29 is 19.3 Å². The Hall–Kier alpha value is -1.60. The molecule has 0 spiro atoms. The van der Waals surface area contributed by atoms with Gasteiger partial charge in [-0.25, -0.2) is 0 Å². The van der Waals surface area contributed by atoms with Gasteiger partial charge in [0.25, 0.3) is 0 Å². The topological polar surface area (TPSA) is 54.4 Å². The van der Waals surface area contributed by atoms with Gasteiger partial charge in [0.2, 0.25) is 6.79 Å². The van der Waals surface area contributed by atoms with Crippen LogP contribution in [0.25, 0.3) is 0 Å². The van der Waals surface area contributed by atoms with E-state index in [1.54, 1.807) is 0 Å². The minimum absolute atomic E-state index is 0.320. The summed E-state index contributed by atoms with van der Waals surface area (Å²) < 4.78 is 16.8. The molecular weight excluding hydrogens is 392 g/mol. The average molecular weight is 429 g/mol. The van der Waals surface area contributed by atoms with Crippen LogP contribution in [0.1, 0.15) is 32.3 Å². The van der Waals surface area contributed by atoms with Crippen molar-refractivity contribution in [2.75, 3.05) is 52.7 Å². The number of aliphatic hydroxyl groups excluding tert-OH is 1. The van der Waals surface area contributed by atoms with Crippen LogP contribution in [0.4, 0.5) is 0 Å². The highest BCUT2D eigenvalue weighted by Crippen LogP contribution is 2.59. The number of nitrogens with zero attached hydrogens (tertiary/aromatic N) is 2. The van der Waals surface area contributed by atoms with Gasteiger partial charge in [-0.2, -0.15) is 0 Å². The average Bonchev–Trinajstić information content (AvgIpc) is 3.23. The monoisotopic (exact) mass is 428 g/mol. The predicted octanol–water partition coefficient (Wildman–Crippen LogP) is 2.90. The predicted molar refractivity (Wildman–Crippen MR) is 119 cm³/mol. The quantitative estimate of drug-likeness (QED) is 0.643. The fraction of sp³-hybridized carbons (Fsp3) is 0.680. The van der Waals surface area contributed by atoms with Crippen LogP contribution in [0.15, 0.2) is 29.8 Å². The Morgan fingerprint density at radius 1 is 1.13 bits per heavy atom. The Morgan fingerprint density at radius 3 is 2.68 bits per heavy atom. The summed E-state index contributed by atoms with van der Waals surface area (Å²) in [7, 11) is 0. The molecule has 6 heteroatoms. The molecule has 2 bridgehead atoms. The van der Waals surface area contributed by atoms with Gasteiger partial charge in [-0.15, -0.1) is 0 Å². The van der Waals surface area contributed by atoms with E-state index >= 15 is 0 Å². The van der Waals surface area contributed by atoms with Crippen LogP contribution < -0.4 is 9.47 Å². The molecule has 31 heavy (non-hydrogen) atoms. The largest absolute Gasteiger partial charge is 0.454 e. The van der Waals surface area contributed by atoms with E-state index < -0.39 is 6.10 Å². The smallest absolute Gasteiger partial charge is 0.231 e. The zero-order chi connectivity index (χ0) is 21.4. The first kappa shape index (κ1) is 21.3. The summed E-state index contributed by atoms with van der Waals surface area (Å²) in [6.45, 7) is 11.8. The number of hydrogen-bond acceptors (Lipinski definition) is 6. The number of rotatable bonds is 8. The van der Waals surface area contributed by atoms with Crippen molar-refractivity contribution in [1.82, 2.24) is 9.80 Å². The summed E-state index contributed by atoms with van der Waals surface area (Å²) in [5.74, 6) is 3.23. The van der Waals surface area contributed by atoms with E-state index in [4.69, 9.17) is 14.2 Å². The van der Waals surface area contributed by atoms with Gasteiger partial charge in [0.05, 0.1) is 19.3 Å². The molecule has 2 aliphatic heterocycles. The van der Waals surface area contributed by atoms with Crippen LogP contribution in [0.5, 0.6) is 11.5 Å². The number of hydrogen-bond donors (Lipinski definition) is 1. The first-order valence-corrected chi connectivity index (χ1v) is 11.8. The molecule has 0 amide bonds. The molecule has 0 radical (unpaired) electrons. The van der Waals surface area contributed by atoms with Crippen LogP contribution in [-0.4, -0.2) is 73.7 Å². The third-order valence-electron chi connectivity index (χ3n) is 7.94. The number of allylic oxidation sites excluding steroid dienone is 1. The molecule has 1 aromatic carbocycles. The van der Waals surface area contributed by atoms with Gasteiger partial charge in [-0.05, 0) is 53.4 Å². The molecule has 1 saturated heterocycles. The Labute approximate surface area is 185 Å². The molecule has 170 valence electrons. The number of ether oxygens (including phenoxy) is 3. The summed E-state index contributed by atoms with van der Waals surface area (Å²) >= 11 is 0. The normalized spacial score (nSPS) is 28.2. The minimum Gasteiger partial charge on any atom is -0.454 e. The highest BCUT2D eigenvalue weighted by atomic mass is 16.7. The molecule has 5 aliphatic rings. The first-order valence-electron chi connectivity index (χ1n) is 11.8. The zero-order valence-corrected chi connectivity index (χ0v) is 18.9. The lowest BCUT2D eigenvalue weighted by atomic mass is 9.49. The van der Waals surface area contributed by atoms with Crippen molar-refractivity contribution >= 4 is 0 Å². The molecule has 0 aromatic heterocycles.